The highest BCUT2D eigenvalue weighted by Crippen LogP contribution is 2.27. The molecule has 0 atom stereocenters. The number of rotatable bonds is 2. The number of hydrogen-bond donors (Lipinski definition) is 0. The lowest BCUT2D eigenvalue weighted by molar-refractivity contribution is -0.125. The van der Waals surface area contributed by atoms with Gasteiger partial charge in [0.1, 0.15) is 0 Å². The monoisotopic (exact) mass is 278 g/mol. The minimum absolute atomic E-state index is 0.0182. The van der Waals surface area contributed by atoms with Crippen molar-refractivity contribution in [3.63, 3.8) is 0 Å². The van der Waals surface area contributed by atoms with E-state index in [-0.39, 0.29) is 5.91 Å². The summed E-state index contributed by atoms with van der Waals surface area (Å²) in [5.41, 5.74) is 2.27. The van der Waals surface area contributed by atoms with Crippen molar-refractivity contribution in [1.29, 1.82) is 0 Å². The number of benzene rings is 1. The van der Waals surface area contributed by atoms with Crippen LogP contribution in [-0.4, -0.2) is 37.0 Å². The molecule has 0 spiro atoms. The standard InChI is InChI=1S/C15H19ClN2O/c1-3-15(19)18-9-5-8-17(10-11-18)14-7-4-6-13(16)12(14)2/h3-4,6-7H,1,5,8-11H2,2H3. The van der Waals surface area contributed by atoms with Gasteiger partial charge in [0.05, 0.1) is 0 Å². The highest BCUT2D eigenvalue weighted by atomic mass is 35.5. The summed E-state index contributed by atoms with van der Waals surface area (Å²) in [5, 5.41) is 0.792. The van der Waals surface area contributed by atoms with Crippen LogP contribution in [0.2, 0.25) is 5.02 Å². The Kier molecular flexibility index (Phi) is 4.48. The Morgan fingerprint density at radius 3 is 2.84 bits per heavy atom. The van der Waals surface area contributed by atoms with E-state index >= 15 is 0 Å². The molecule has 0 saturated carbocycles. The van der Waals surface area contributed by atoms with Crippen molar-refractivity contribution >= 4 is 23.2 Å². The van der Waals surface area contributed by atoms with Gasteiger partial charge in [-0.05, 0) is 37.1 Å². The summed E-state index contributed by atoms with van der Waals surface area (Å²) in [7, 11) is 0. The quantitative estimate of drug-likeness (QED) is 0.777. The van der Waals surface area contributed by atoms with E-state index in [0.717, 1.165) is 43.2 Å². The Bertz CT molecular complexity index is 487. The summed E-state index contributed by atoms with van der Waals surface area (Å²) < 4.78 is 0. The van der Waals surface area contributed by atoms with Crippen molar-refractivity contribution in [2.45, 2.75) is 13.3 Å². The van der Waals surface area contributed by atoms with Gasteiger partial charge in [0, 0.05) is 36.9 Å². The molecule has 0 aliphatic carbocycles. The molecule has 1 saturated heterocycles. The van der Waals surface area contributed by atoms with Crippen molar-refractivity contribution in [3.05, 3.63) is 41.4 Å². The number of nitrogens with zero attached hydrogens (tertiary/aromatic N) is 2. The first-order valence-corrected chi connectivity index (χ1v) is 6.92. The molecule has 2 rings (SSSR count). The smallest absolute Gasteiger partial charge is 0.246 e. The van der Waals surface area contributed by atoms with Crippen LogP contribution >= 0.6 is 11.6 Å². The lowest BCUT2D eigenvalue weighted by Crippen LogP contribution is -2.34. The largest absolute Gasteiger partial charge is 0.369 e. The zero-order valence-corrected chi connectivity index (χ0v) is 12.0. The van der Waals surface area contributed by atoms with Gasteiger partial charge < -0.3 is 9.80 Å². The van der Waals surface area contributed by atoms with Crippen LogP contribution in [-0.2, 0) is 4.79 Å². The van der Waals surface area contributed by atoms with Gasteiger partial charge >= 0.3 is 0 Å². The van der Waals surface area contributed by atoms with Crippen molar-refractivity contribution < 1.29 is 4.79 Å². The van der Waals surface area contributed by atoms with Crippen molar-refractivity contribution in [2.75, 3.05) is 31.1 Å². The SMILES string of the molecule is C=CC(=O)N1CCCN(c2cccc(Cl)c2C)CC1. The summed E-state index contributed by atoms with van der Waals surface area (Å²) in [6.45, 7) is 8.89. The summed E-state index contributed by atoms with van der Waals surface area (Å²) in [5.74, 6) is 0.0182. The van der Waals surface area contributed by atoms with E-state index in [9.17, 15) is 4.79 Å². The molecule has 4 heteroatoms. The van der Waals surface area contributed by atoms with Crippen LogP contribution in [0.25, 0.3) is 0 Å². The lowest BCUT2D eigenvalue weighted by atomic mass is 10.1. The molecule has 1 aliphatic rings. The first-order valence-electron chi connectivity index (χ1n) is 6.55. The van der Waals surface area contributed by atoms with Gasteiger partial charge in [0.2, 0.25) is 5.91 Å². The number of carbonyl (C=O) groups excluding carboxylic acids is 1. The molecule has 1 heterocycles. The van der Waals surface area contributed by atoms with E-state index in [2.05, 4.69) is 17.5 Å². The van der Waals surface area contributed by atoms with E-state index in [4.69, 9.17) is 11.6 Å². The molecule has 1 amide bonds. The summed E-state index contributed by atoms with van der Waals surface area (Å²) in [4.78, 5) is 15.8. The van der Waals surface area contributed by atoms with Gasteiger partial charge in [0.25, 0.3) is 0 Å². The third-order valence-corrected chi connectivity index (χ3v) is 3.97. The molecule has 3 nitrogen and oxygen atoms in total. The predicted molar refractivity (Wildman–Crippen MR) is 79.8 cm³/mol. The number of carbonyl (C=O) groups is 1. The second-order valence-electron chi connectivity index (χ2n) is 4.75. The Labute approximate surface area is 119 Å². The third-order valence-electron chi connectivity index (χ3n) is 3.56. The van der Waals surface area contributed by atoms with Crippen LogP contribution in [0.15, 0.2) is 30.9 Å². The summed E-state index contributed by atoms with van der Waals surface area (Å²) in [6, 6.07) is 5.97. The summed E-state index contributed by atoms with van der Waals surface area (Å²) in [6.07, 6.45) is 2.35. The van der Waals surface area contributed by atoms with Crippen LogP contribution in [0.5, 0.6) is 0 Å². The van der Waals surface area contributed by atoms with E-state index < -0.39 is 0 Å². The second-order valence-corrected chi connectivity index (χ2v) is 5.16. The van der Waals surface area contributed by atoms with Crippen molar-refractivity contribution in [3.8, 4) is 0 Å². The maximum atomic E-state index is 11.7. The number of anilines is 1. The van der Waals surface area contributed by atoms with Crippen molar-refractivity contribution in [2.24, 2.45) is 0 Å². The van der Waals surface area contributed by atoms with Crippen LogP contribution < -0.4 is 4.90 Å². The molecule has 19 heavy (non-hydrogen) atoms. The molecule has 1 aromatic carbocycles. The van der Waals surface area contributed by atoms with Crippen LogP contribution in [0.1, 0.15) is 12.0 Å². The maximum absolute atomic E-state index is 11.7. The van der Waals surface area contributed by atoms with E-state index in [0.29, 0.717) is 0 Å². The van der Waals surface area contributed by atoms with Gasteiger partial charge in [-0.1, -0.05) is 24.2 Å². The minimum atomic E-state index is 0.0182. The molecule has 0 N–H and O–H groups in total. The third kappa shape index (κ3) is 3.10. The highest BCUT2D eigenvalue weighted by molar-refractivity contribution is 6.31. The average Bonchev–Trinajstić information content (AvgIpc) is 2.67. The van der Waals surface area contributed by atoms with Gasteiger partial charge in [-0.15, -0.1) is 0 Å². The second kappa shape index (κ2) is 6.11. The fourth-order valence-corrected chi connectivity index (χ4v) is 2.62. The molecule has 0 unspecified atom stereocenters. The number of halogens is 1. The molecule has 0 bridgehead atoms. The summed E-state index contributed by atoms with van der Waals surface area (Å²) >= 11 is 6.17. The zero-order valence-electron chi connectivity index (χ0n) is 11.2. The number of amides is 1. The first-order chi connectivity index (χ1) is 9.13. The van der Waals surface area contributed by atoms with Crippen LogP contribution in [0, 0.1) is 6.92 Å². The Morgan fingerprint density at radius 1 is 1.32 bits per heavy atom. The fourth-order valence-electron chi connectivity index (χ4n) is 2.45. The molecule has 1 aliphatic heterocycles. The predicted octanol–water partition coefficient (Wildman–Crippen LogP) is 2.87. The highest BCUT2D eigenvalue weighted by Gasteiger charge is 2.18. The van der Waals surface area contributed by atoms with Gasteiger partial charge in [-0.3, -0.25) is 4.79 Å². The van der Waals surface area contributed by atoms with E-state index in [1.807, 2.05) is 24.0 Å². The molecular weight excluding hydrogens is 260 g/mol. The maximum Gasteiger partial charge on any atom is 0.246 e. The minimum Gasteiger partial charge on any atom is -0.369 e. The molecule has 1 aromatic rings. The Balaban J connectivity index is 2.13. The first kappa shape index (κ1) is 13.9. The lowest BCUT2D eigenvalue weighted by Gasteiger charge is -2.25. The molecular formula is C15H19ClN2O. The van der Waals surface area contributed by atoms with E-state index in [1.165, 1.54) is 11.8 Å². The normalized spacial score (nSPS) is 16.1. The fraction of sp³-hybridized carbons (Fsp3) is 0.400. The van der Waals surface area contributed by atoms with Gasteiger partial charge in [-0.25, -0.2) is 0 Å². The van der Waals surface area contributed by atoms with E-state index in [1.54, 1.807) is 0 Å². The molecule has 0 aromatic heterocycles. The Morgan fingerprint density at radius 2 is 2.11 bits per heavy atom. The topological polar surface area (TPSA) is 23.6 Å². The molecule has 0 radical (unpaired) electrons. The van der Waals surface area contributed by atoms with Crippen molar-refractivity contribution in [1.82, 2.24) is 4.90 Å². The zero-order chi connectivity index (χ0) is 13.8. The van der Waals surface area contributed by atoms with Gasteiger partial charge in [0.15, 0.2) is 0 Å². The Hall–Kier alpha value is -1.48. The van der Waals surface area contributed by atoms with Crippen LogP contribution in [0.4, 0.5) is 5.69 Å². The molecule has 102 valence electrons. The molecule has 1 fully saturated rings. The number of hydrogen-bond acceptors (Lipinski definition) is 2. The van der Waals surface area contributed by atoms with Crippen LogP contribution in [0.3, 0.4) is 0 Å². The average molecular weight is 279 g/mol. The van der Waals surface area contributed by atoms with Gasteiger partial charge in [-0.2, -0.15) is 0 Å².